The first-order valence-electron chi connectivity index (χ1n) is 22.2. The van der Waals surface area contributed by atoms with E-state index in [9.17, 15) is 14.4 Å². The monoisotopic (exact) mass is 1410 g/mol. The van der Waals surface area contributed by atoms with Crippen LogP contribution in [0.2, 0.25) is 0 Å². The fourth-order valence-corrected chi connectivity index (χ4v) is 7.33. The molecule has 3 fully saturated rings. The molecule has 3 heterocycles. The maximum absolute atomic E-state index is 12.8. The number of carbonyl (C=O) groups excluding carboxylic acids is 3. The average molecular weight is 1410 g/mol. The molecule has 4 aromatic rings. The van der Waals surface area contributed by atoms with Crippen molar-refractivity contribution in [3.8, 4) is 0 Å². The fourth-order valence-electron chi connectivity index (χ4n) is 7.33. The number of pyridine rings is 3. The number of rotatable bonds is 9. The number of hydrogen-bond donors (Lipinski definition) is 0. The van der Waals surface area contributed by atoms with Crippen LogP contribution < -0.4 is 74.4 Å². The van der Waals surface area contributed by atoms with Crippen molar-refractivity contribution in [1.29, 1.82) is 0 Å². The van der Waals surface area contributed by atoms with E-state index >= 15 is 0 Å². The number of ether oxygens (including phenoxy) is 3. The molecule has 3 aromatic heterocycles. The second-order valence-electron chi connectivity index (χ2n) is 17.0. The van der Waals surface area contributed by atoms with Gasteiger partial charge in [0.1, 0.15) is 19.8 Å². The molecule has 0 spiro atoms. The maximum Gasteiger partial charge on any atom is 3.00 e. The summed E-state index contributed by atoms with van der Waals surface area (Å²) in [6.07, 6.45) is 9.50. The summed E-state index contributed by atoms with van der Waals surface area (Å²) in [7, 11) is 0. The van der Waals surface area contributed by atoms with Gasteiger partial charge in [-0.05, 0) is 160 Å². The minimum atomic E-state index is -0.709. The van der Waals surface area contributed by atoms with Crippen LogP contribution in [0, 0.1) is 88.8 Å². The third-order valence-corrected chi connectivity index (χ3v) is 13.4. The van der Waals surface area contributed by atoms with E-state index in [2.05, 4.69) is 119 Å². The quantitative estimate of drug-likeness (QED) is 0.0924. The molecule has 18 heteroatoms. The van der Waals surface area contributed by atoms with Gasteiger partial charge in [0.15, 0.2) is 0 Å². The Labute approximate surface area is 527 Å². The van der Waals surface area contributed by atoms with Gasteiger partial charge in [-0.25, -0.2) is 14.4 Å². The van der Waals surface area contributed by atoms with Gasteiger partial charge < -0.3 is 88.7 Å². The van der Waals surface area contributed by atoms with E-state index in [1.54, 1.807) is 73.6 Å². The van der Waals surface area contributed by atoms with E-state index in [0.717, 1.165) is 16.7 Å². The van der Waals surface area contributed by atoms with Gasteiger partial charge in [0, 0.05) is 37.2 Å². The van der Waals surface area contributed by atoms with Crippen molar-refractivity contribution in [2.24, 2.45) is 0 Å². The van der Waals surface area contributed by atoms with Gasteiger partial charge in [-0.1, -0.05) is 104 Å². The first-order chi connectivity index (χ1) is 31.2. The first-order valence-corrected chi connectivity index (χ1v) is 22.2. The molecule has 15 radical (unpaired) electrons. The molecular formula is C57H66Cl6N3O6Rh3+3. The molecule has 0 aliphatic heterocycles. The second kappa shape index (κ2) is 41.7. The summed E-state index contributed by atoms with van der Waals surface area (Å²) >= 11 is 0. The minimum absolute atomic E-state index is 0. The third-order valence-electron chi connectivity index (χ3n) is 13.4. The predicted octanol–water partition coefficient (Wildman–Crippen LogP) is -5.13. The summed E-state index contributed by atoms with van der Waals surface area (Å²) in [6, 6.07) is 14.2. The summed E-state index contributed by atoms with van der Waals surface area (Å²) in [5.41, 5.74) is 2.25. The van der Waals surface area contributed by atoms with Crippen LogP contribution in [0.15, 0.2) is 91.8 Å². The zero-order valence-corrected chi connectivity index (χ0v) is 54.3. The number of aromatic nitrogens is 3. The Kier molecular flexibility index (Phi) is 47.2. The molecule has 411 valence electrons. The number of hydrogen-bond acceptors (Lipinski definition) is 9. The van der Waals surface area contributed by atoms with Crippen LogP contribution in [0.25, 0.3) is 0 Å². The first kappa shape index (κ1) is 85.0. The van der Waals surface area contributed by atoms with Crippen molar-refractivity contribution < 1.29 is 161 Å². The Bertz CT molecular complexity index is 1760. The number of benzene rings is 1. The molecule has 0 unspecified atom stereocenters. The summed E-state index contributed by atoms with van der Waals surface area (Å²) in [4.78, 5) is 50.1. The van der Waals surface area contributed by atoms with E-state index < -0.39 is 17.9 Å². The van der Waals surface area contributed by atoms with Crippen LogP contribution in [0.3, 0.4) is 0 Å². The van der Waals surface area contributed by atoms with Gasteiger partial charge in [0.05, 0.1) is 16.7 Å². The molecule has 0 N–H and O–H groups in total. The van der Waals surface area contributed by atoms with Crippen molar-refractivity contribution >= 4 is 17.9 Å². The Hall–Kier alpha value is -1.31. The van der Waals surface area contributed by atoms with Gasteiger partial charge >= 0.3 is 76.3 Å². The summed E-state index contributed by atoms with van der Waals surface area (Å²) in [6.45, 7) is 33.0. The summed E-state index contributed by atoms with van der Waals surface area (Å²) < 4.78 is 16.1. The summed E-state index contributed by atoms with van der Waals surface area (Å²) in [5.74, 6) is 19.9. The Balaban J connectivity index is -0.000000252. The van der Waals surface area contributed by atoms with E-state index in [1.165, 1.54) is 107 Å². The smallest absolute Gasteiger partial charge is 1.00 e. The Morgan fingerprint density at radius 2 is 0.427 bits per heavy atom. The van der Waals surface area contributed by atoms with Crippen LogP contribution in [0.5, 0.6) is 0 Å². The molecule has 3 saturated carbocycles. The molecule has 0 saturated heterocycles. The van der Waals surface area contributed by atoms with Gasteiger partial charge in [-0.3, -0.25) is 15.0 Å². The van der Waals surface area contributed by atoms with E-state index in [0.29, 0.717) is 0 Å². The molecule has 1 aromatic carbocycles. The van der Waals surface area contributed by atoms with Crippen LogP contribution in [-0.2, 0) is 92.5 Å². The second-order valence-corrected chi connectivity index (χ2v) is 17.0. The fraction of sp³-hybridized carbons (Fsp3) is 0.316. The van der Waals surface area contributed by atoms with Crippen molar-refractivity contribution in [3.05, 3.63) is 214 Å². The molecule has 7 rings (SSSR count). The van der Waals surface area contributed by atoms with Gasteiger partial charge in [0.2, 0.25) is 0 Å². The molecule has 3 aliphatic carbocycles. The Morgan fingerprint density at radius 3 is 0.560 bits per heavy atom. The van der Waals surface area contributed by atoms with E-state index in [1.807, 2.05) is 0 Å². The normalized spacial score (nSPS) is 16.4. The molecule has 0 atom stereocenters. The minimum Gasteiger partial charge on any atom is -1.00 e. The van der Waals surface area contributed by atoms with Crippen LogP contribution in [0.1, 0.15) is 152 Å². The van der Waals surface area contributed by atoms with Crippen LogP contribution >= 0.6 is 0 Å². The van der Waals surface area contributed by atoms with Crippen molar-refractivity contribution in [2.45, 2.75) is 124 Å². The molecule has 3 aliphatic rings. The molecule has 9 nitrogen and oxygen atoms in total. The number of esters is 3. The molecule has 0 amide bonds. The standard InChI is InChI=1S/C27H21N3O6.3C10H15.6ClH.3Rh/c31-25(34-16-19-1-7-28-8-2-19)22-13-23(26(32)35-17-20-3-9-29-10-4-20)15-24(14-22)27(33)36-18-21-5-11-30-12-6-21;3*1-6-7(2)9(4)10(5)8(6)3;;;;;;;;;/h1-15H,16-18H2;3*1-5H3;6*1H;;;/q;;;;;;;;;;3*+3/p-6. The van der Waals surface area contributed by atoms with Crippen LogP contribution in [0.4, 0.5) is 0 Å². The molecular weight excluding hydrogens is 1340 g/mol. The maximum atomic E-state index is 12.8. The Morgan fingerprint density at radius 1 is 0.293 bits per heavy atom. The molecule has 75 heavy (non-hydrogen) atoms. The van der Waals surface area contributed by atoms with Crippen LogP contribution in [-0.4, -0.2) is 32.9 Å². The number of nitrogens with zero attached hydrogens (tertiary/aromatic N) is 3. The van der Waals surface area contributed by atoms with E-state index in [4.69, 9.17) is 14.2 Å². The van der Waals surface area contributed by atoms with Crippen molar-refractivity contribution in [2.75, 3.05) is 0 Å². The zero-order chi connectivity index (χ0) is 48.8. The number of halogens is 6. The van der Waals surface area contributed by atoms with Gasteiger partial charge in [-0.2, -0.15) is 0 Å². The summed E-state index contributed by atoms with van der Waals surface area (Å²) in [5, 5.41) is 0. The van der Waals surface area contributed by atoms with E-state index in [-0.39, 0.29) is 169 Å². The zero-order valence-electron chi connectivity index (χ0n) is 44.8. The van der Waals surface area contributed by atoms with Crippen molar-refractivity contribution in [1.82, 2.24) is 15.0 Å². The van der Waals surface area contributed by atoms with Crippen molar-refractivity contribution in [3.63, 3.8) is 0 Å². The third kappa shape index (κ3) is 24.5. The topological polar surface area (TPSA) is 118 Å². The predicted molar refractivity (Wildman–Crippen MR) is 260 cm³/mol. The number of carbonyl (C=O) groups is 3. The average Bonchev–Trinajstić information content (AvgIpc) is 3.71. The largest absolute Gasteiger partial charge is 3.00 e. The van der Waals surface area contributed by atoms with Gasteiger partial charge in [0.25, 0.3) is 0 Å². The SMILES string of the molecule is C[C]1[C](C)[C](C)[C](C)[C]1C.C[C]1[C](C)[C](C)[C](C)[C]1C.C[C]1[C](C)[C](C)[C](C)[C]1C.O=C(OCc1ccncc1)c1cc(C(=O)OCc2ccncc2)cc(C(=O)OCc2ccncc2)c1.[Cl-].[Cl-].[Cl-].[Cl-].[Cl-].[Cl-].[Rh+3].[Rh+3].[Rh+3]. The van der Waals surface area contributed by atoms with Gasteiger partial charge in [-0.15, -0.1) is 0 Å². The molecule has 0 bridgehead atoms.